The fraction of sp³-hybridized carbons (Fsp3) is 0.517. The Labute approximate surface area is 222 Å². The zero-order valence-electron chi connectivity index (χ0n) is 22.8. The van der Waals surface area contributed by atoms with Crippen molar-refractivity contribution in [3.8, 4) is 0 Å². The number of hydrogen-bond acceptors (Lipinski definition) is 4. The average Bonchev–Trinajstić information content (AvgIpc) is 3.35. The van der Waals surface area contributed by atoms with Crippen LogP contribution in [0.2, 0.25) is 0 Å². The number of rotatable bonds is 11. The first-order valence-electron chi connectivity index (χ1n) is 13.2. The van der Waals surface area contributed by atoms with Crippen LogP contribution in [0.1, 0.15) is 67.7 Å². The molecule has 1 aliphatic carbocycles. The number of carbonyl (C=O) groups excluding carboxylic acids is 2. The average molecular weight is 528 g/mol. The number of sulfonamides is 1. The summed E-state index contributed by atoms with van der Waals surface area (Å²) < 4.78 is 26.4. The molecule has 2 aromatic rings. The fourth-order valence-electron chi connectivity index (χ4n) is 4.75. The molecule has 2 aromatic carbocycles. The molecule has 3 rings (SSSR count). The Hall–Kier alpha value is -2.87. The Morgan fingerprint density at radius 2 is 1.65 bits per heavy atom. The molecule has 0 saturated heterocycles. The van der Waals surface area contributed by atoms with E-state index in [2.05, 4.69) is 5.32 Å². The smallest absolute Gasteiger partial charge is 0.242 e. The SMILES string of the molecule is Cc1ccc(CN(C(=O)CCCN(c2ccc(C)c(C)c2)S(C)(=O)=O)C(C)C(=O)NC2CCCC2)cc1. The zero-order valence-corrected chi connectivity index (χ0v) is 23.6. The molecule has 1 saturated carbocycles. The van der Waals surface area contributed by atoms with Gasteiger partial charge in [-0.1, -0.05) is 48.7 Å². The summed E-state index contributed by atoms with van der Waals surface area (Å²) in [6.45, 7) is 8.22. The highest BCUT2D eigenvalue weighted by atomic mass is 32.2. The number of nitrogens with one attached hydrogen (secondary N) is 1. The fourth-order valence-corrected chi connectivity index (χ4v) is 5.71. The van der Waals surface area contributed by atoms with E-state index >= 15 is 0 Å². The summed E-state index contributed by atoms with van der Waals surface area (Å²) in [5.74, 6) is -0.302. The minimum atomic E-state index is -3.52. The van der Waals surface area contributed by atoms with Gasteiger partial charge >= 0.3 is 0 Å². The van der Waals surface area contributed by atoms with Gasteiger partial charge in [-0.2, -0.15) is 0 Å². The summed E-state index contributed by atoms with van der Waals surface area (Å²) in [5.41, 5.74) is 4.77. The lowest BCUT2D eigenvalue weighted by Crippen LogP contribution is -2.49. The summed E-state index contributed by atoms with van der Waals surface area (Å²) in [6.07, 6.45) is 5.85. The third kappa shape index (κ3) is 8.06. The van der Waals surface area contributed by atoms with Crippen LogP contribution in [0.3, 0.4) is 0 Å². The Bertz CT molecular complexity index is 1190. The molecule has 0 radical (unpaired) electrons. The molecule has 8 heteroatoms. The summed E-state index contributed by atoms with van der Waals surface area (Å²) in [4.78, 5) is 28.1. The van der Waals surface area contributed by atoms with E-state index in [1.807, 2.05) is 57.2 Å². The highest BCUT2D eigenvalue weighted by Gasteiger charge is 2.28. The van der Waals surface area contributed by atoms with Gasteiger partial charge in [0, 0.05) is 25.6 Å². The van der Waals surface area contributed by atoms with E-state index in [9.17, 15) is 18.0 Å². The Kier molecular flexibility index (Phi) is 9.76. The molecular weight excluding hydrogens is 486 g/mol. The molecule has 2 amide bonds. The zero-order chi connectivity index (χ0) is 27.2. The highest BCUT2D eigenvalue weighted by Crippen LogP contribution is 2.23. The lowest BCUT2D eigenvalue weighted by atomic mass is 10.1. The Morgan fingerprint density at radius 3 is 2.24 bits per heavy atom. The van der Waals surface area contributed by atoms with Crippen molar-refractivity contribution in [3.63, 3.8) is 0 Å². The van der Waals surface area contributed by atoms with E-state index in [-0.39, 0.29) is 30.8 Å². The molecule has 1 atom stereocenters. The van der Waals surface area contributed by atoms with Crippen molar-refractivity contribution in [2.45, 2.75) is 84.8 Å². The predicted octanol–water partition coefficient (Wildman–Crippen LogP) is 4.63. The maximum atomic E-state index is 13.4. The van der Waals surface area contributed by atoms with Crippen LogP contribution in [0.4, 0.5) is 5.69 Å². The molecule has 0 bridgehead atoms. The van der Waals surface area contributed by atoms with E-state index in [1.54, 1.807) is 17.9 Å². The number of benzene rings is 2. The molecule has 0 aromatic heterocycles. The first kappa shape index (κ1) is 28.7. The Morgan fingerprint density at radius 1 is 1.00 bits per heavy atom. The lowest BCUT2D eigenvalue weighted by molar-refractivity contribution is -0.141. The summed E-state index contributed by atoms with van der Waals surface area (Å²) >= 11 is 0. The first-order chi connectivity index (χ1) is 17.5. The maximum absolute atomic E-state index is 13.4. The summed E-state index contributed by atoms with van der Waals surface area (Å²) in [5, 5.41) is 3.11. The highest BCUT2D eigenvalue weighted by molar-refractivity contribution is 7.92. The first-order valence-corrected chi connectivity index (χ1v) is 15.0. The van der Waals surface area contributed by atoms with Crippen LogP contribution in [0, 0.1) is 20.8 Å². The van der Waals surface area contributed by atoms with Gasteiger partial charge in [-0.3, -0.25) is 13.9 Å². The van der Waals surface area contributed by atoms with Crippen molar-refractivity contribution in [2.75, 3.05) is 17.1 Å². The van der Waals surface area contributed by atoms with Crippen LogP contribution >= 0.6 is 0 Å². The molecule has 0 heterocycles. The van der Waals surface area contributed by atoms with E-state index in [0.29, 0.717) is 18.7 Å². The van der Waals surface area contributed by atoms with E-state index < -0.39 is 16.1 Å². The third-order valence-corrected chi connectivity index (χ3v) is 8.47. The number of carbonyl (C=O) groups is 2. The molecule has 7 nitrogen and oxygen atoms in total. The van der Waals surface area contributed by atoms with Gasteiger partial charge < -0.3 is 10.2 Å². The number of amides is 2. The summed E-state index contributed by atoms with van der Waals surface area (Å²) in [6, 6.07) is 13.0. The number of anilines is 1. The van der Waals surface area contributed by atoms with Gasteiger partial charge in [0.05, 0.1) is 11.9 Å². The van der Waals surface area contributed by atoms with Gasteiger partial charge in [-0.05, 0) is 75.8 Å². The maximum Gasteiger partial charge on any atom is 0.242 e. The molecule has 1 unspecified atom stereocenters. The molecule has 1 aliphatic rings. The second kappa shape index (κ2) is 12.6. The van der Waals surface area contributed by atoms with Crippen molar-refractivity contribution in [2.24, 2.45) is 0 Å². The number of hydrogen-bond donors (Lipinski definition) is 1. The van der Waals surface area contributed by atoms with Gasteiger partial charge in [-0.15, -0.1) is 0 Å². The van der Waals surface area contributed by atoms with Crippen molar-refractivity contribution in [1.29, 1.82) is 0 Å². The summed E-state index contributed by atoms with van der Waals surface area (Å²) in [7, 11) is -3.52. The van der Waals surface area contributed by atoms with Crippen molar-refractivity contribution in [1.82, 2.24) is 10.2 Å². The topological polar surface area (TPSA) is 86.8 Å². The van der Waals surface area contributed by atoms with E-state index in [1.165, 1.54) is 10.6 Å². The van der Waals surface area contributed by atoms with E-state index in [0.717, 1.165) is 47.9 Å². The molecule has 0 spiro atoms. The monoisotopic (exact) mass is 527 g/mol. The molecular formula is C29H41N3O4S. The van der Waals surface area contributed by atoms with Crippen molar-refractivity contribution >= 4 is 27.5 Å². The molecule has 37 heavy (non-hydrogen) atoms. The number of aryl methyl sites for hydroxylation is 3. The van der Waals surface area contributed by atoms with Crippen LogP contribution in [0.15, 0.2) is 42.5 Å². The van der Waals surface area contributed by atoms with Crippen molar-refractivity contribution in [3.05, 3.63) is 64.7 Å². The predicted molar refractivity (Wildman–Crippen MR) is 149 cm³/mol. The van der Waals surface area contributed by atoms with Crippen molar-refractivity contribution < 1.29 is 18.0 Å². The van der Waals surface area contributed by atoms with Crippen LogP contribution in [0.25, 0.3) is 0 Å². The quantitative estimate of drug-likeness (QED) is 0.461. The van der Waals surface area contributed by atoms with Crippen LogP contribution in [-0.4, -0.2) is 50.0 Å². The molecule has 1 fully saturated rings. The third-order valence-electron chi connectivity index (χ3n) is 7.27. The molecule has 0 aliphatic heterocycles. The van der Waals surface area contributed by atoms with Gasteiger partial charge in [0.1, 0.15) is 6.04 Å². The molecule has 202 valence electrons. The van der Waals surface area contributed by atoms with Gasteiger partial charge in [0.2, 0.25) is 21.8 Å². The van der Waals surface area contributed by atoms with Crippen LogP contribution in [0.5, 0.6) is 0 Å². The number of nitrogens with zero attached hydrogens (tertiary/aromatic N) is 2. The lowest BCUT2D eigenvalue weighted by Gasteiger charge is -2.30. The van der Waals surface area contributed by atoms with Crippen LogP contribution in [-0.2, 0) is 26.2 Å². The largest absolute Gasteiger partial charge is 0.352 e. The Balaban J connectivity index is 1.72. The van der Waals surface area contributed by atoms with Gasteiger partial charge in [0.15, 0.2) is 0 Å². The molecule has 1 N–H and O–H groups in total. The van der Waals surface area contributed by atoms with Crippen LogP contribution < -0.4 is 9.62 Å². The second-order valence-corrected chi connectivity index (χ2v) is 12.3. The second-order valence-electron chi connectivity index (χ2n) is 10.4. The normalized spacial score (nSPS) is 14.8. The minimum absolute atomic E-state index is 0.139. The van der Waals surface area contributed by atoms with Gasteiger partial charge in [-0.25, -0.2) is 8.42 Å². The minimum Gasteiger partial charge on any atom is -0.352 e. The standard InChI is InChI=1S/C29H41N3O4S/c1-21-12-15-25(16-13-21)20-31(24(4)29(34)30-26-9-6-7-10-26)28(33)11-8-18-32(37(5,35)36)27-17-14-22(2)23(3)19-27/h12-17,19,24,26H,6-11,18,20H2,1-5H3,(H,30,34). The van der Waals surface area contributed by atoms with E-state index in [4.69, 9.17) is 0 Å². The van der Waals surface area contributed by atoms with Gasteiger partial charge in [0.25, 0.3) is 0 Å².